The average molecular weight is 281 g/mol. The fourth-order valence-electron chi connectivity index (χ4n) is 2.99. The molecule has 112 valence electrons. The molecule has 0 bridgehead atoms. The summed E-state index contributed by atoms with van der Waals surface area (Å²) in [5.41, 5.74) is 2.43. The third-order valence-electron chi connectivity index (χ3n) is 4.06. The van der Waals surface area contributed by atoms with E-state index in [0.29, 0.717) is 0 Å². The predicted octanol–water partition coefficient (Wildman–Crippen LogP) is 4.64. The molecule has 0 amide bonds. The molecular weight excluding hydrogens is 254 g/mol. The van der Waals surface area contributed by atoms with Crippen LogP contribution in [0.5, 0.6) is 0 Å². The lowest BCUT2D eigenvalue weighted by molar-refractivity contribution is 0.184. The molecule has 2 rings (SSSR count). The van der Waals surface area contributed by atoms with E-state index in [4.69, 9.17) is 0 Å². The quantitative estimate of drug-likeness (QED) is 0.711. The van der Waals surface area contributed by atoms with E-state index in [1.807, 2.05) is 18.2 Å². The highest BCUT2D eigenvalue weighted by atomic mass is 15.1. The van der Waals surface area contributed by atoms with Gasteiger partial charge in [0.2, 0.25) is 0 Å². The van der Waals surface area contributed by atoms with E-state index in [9.17, 15) is 0 Å². The lowest BCUT2D eigenvalue weighted by atomic mass is 9.94. The first-order chi connectivity index (χ1) is 10.3. The van der Waals surface area contributed by atoms with Gasteiger partial charge in [0, 0.05) is 11.6 Å². The van der Waals surface area contributed by atoms with Crippen LogP contribution < -0.4 is 0 Å². The highest BCUT2D eigenvalue weighted by Crippen LogP contribution is 2.22. The van der Waals surface area contributed by atoms with Crippen LogP contribution in [-0.2, 0) is 0 Å². The summed E-state index contributed by atoms with van der Waals surface area (Å²) in [6, 6.07) is 11.0. The standard InChI is InChI=1S/C20H27N/c1-3-16-21(17-4-2)20-14-12-19(13-15-20)11-10-18-8-6-5-7-9-18/h5-9,12,20H,3-4,13-17H2,1-2H3/t20-/m1/s1. The third kappa shape index (κ3) is 5.06. The Morgan fingerprint density at radius 2 is 1.76 bits per heavy atom. The molecule has 0 saturated heterocycles. The van der Waals surface area contributed by atoms with E-state index >= 15 is 0 Å². The lowest BCUT2D eigenvalue weighted by Gasteiger charge is -2.32. The summed E-state index contributed by atoms with van der Waals surface area (Å²) in [6.07, 6.45) is 8.42. The van der Waals surface area contributed by atoms with Gasteiger partial charge in [0.05, 0.1) is 0 Å². The second kappa shape index (κ2) is 8.70. The normalized spacial score (nSPS) is 18.0. The van der Waals surface area contributed by atoms with Crippen molar-refractivity contribution in [2.45, 2.75) is 52.0 Å². The minimum Gasteiger partial charge on any atom is -0.300 e. The molecule has 0 fully saturated rings. The lowest BCUT2D eigenvalue weighted by Crippen LogP contribution is -2.37. The van der Waals surface area contributed by atoms with Gasteiger partial charge in [-0.2, -0.15) is 0 Å². The average Bonchev–Trinajstić information content (AvgIpc) is 2.54. The SMILES string of the molecule is CCCN(CCC)[C@@H]1CC=C(C#Cc2ccccc2)CC1. The van der Waals surface area contributed by atoms with Crippen LogP contribution in [0.3, 0.4) is 0 Å². The molecular formula is C20H27N. The van der Waals surface area contributed by atoms with Gasteiger partial charge in [-0.05, 0) is 62.9 Å². The zero-order chi connectivity index (χ0) is 14.9. The summed E-state index contributed by atoms with van der Waals surface area (Å²) in [4.78, 5) is 2.66. The smallest absolute Gasteiger partial charge is 0.0248 e. The fraction of sp³-hybridized carbons (Fsp3) is 0.500. The van der Waals surface area contributed by atoms with Crippen LogP contribution in [0.25, 0.3) is 0 Å². The van der Waals surface area contributed by atoms with E-state index in [1.165, 1.54) is 44.3 Å². The molecule has 0 spiro atoms. The molecule has 0 radical (unpaired) electrons. The summed E-state index contributed by atoms with van der Waals surface area (Å²) in [5.74, 6) is 6.63. The van der Waals surface area contributed by atoms with Crippen LogP contribution in [0.15, 0.2) is 42.0 Å². The van der Waals surface area contributed by atoms with Crippen LogP contribution in [0, 0.1) is 11.8 Å². The van der Waals surface area contributed by atoms with Crippen molar-refractivity contribution < 1.29 is 0 Å². The molecule has 1 aliphatic carbocycles. The molecule has 1 aromatic carbocycles. The zero-order valence-electron chi connectivity index (χ0n) is 13.4. The molecule has 0 unspecified atom stereocenters. The van der Waals surface area contributed by atoms with Gasteiger partial charge in [-0.25, -0.2) is 0 Å². The number of hydrogen-bond donors (Lipinski definition) is 0. The van der Waals surface area contributed by atoms with Gasteiger partial charge in [0.15, 0.2) is 0 Å². The Morgan fingerprint density at radius 3 is 2.33 bits per heavy atom. The van der Waals surface area contributed by atoms with Crippen LogP contribution in [0.2, 0.25) is 0 Å². The van der Waals surface area contributed by atoms with Gasteiger partial charge >= 0.3 is 0 Å². The van der Waals surface area contributed by atoms with E-state index in [-0.39, 0.29) is 0 Å². The molecule has 21 heavy (non-hydrogen) atoms. The monoisotopic (exact) mass is 281 g/mol. The molecule has 0 aromatic heterocycles. The van der Waals surface area contributed by atoms with E-state index in [2.05, 4.69) is 48.8 Å². The van der Waals surface area contributed by atoms with Gasteiger partial charge < -0.3 is 4.90 Å². The Balaban J connectivity index is 1.94. The van der Waals surface area contributed by atoms with E-state index < -0.39 is 0 Å². The van der Waals surface area contributed by atoms with Crippen LogP contribution in [0.4, 0.5) is 0 Å². The molecule has 0 heterocycles. The number of benzene rings is 1. The Labute approximate surface area is 130 Å². The topological polar surface area (TPSA) is 3.24 Å². The van der Waals surface area contributed by atoms with Crippen molar-refractivity contribution in [3.05, 3.63) is 47.5 Å². The van der Waals surface area contributed by atoms with Crippen LogP contribution >= 0.6 is 0 Å². The Morgan fingerprint density at radius 1 is 1.05 bits per heavy atom. The van der Waals surface area contributed by atoms with Gasteiger partial charge in [0.1, 0.15) is 0 Å². The van der Waals surface area contributed by atoms with Crippen molar-refractivity contribution in [1.29, 1.82) is 0 Å². The molecule has 1 aliphatic rings. The molecule has 0 aliphatic heterocycles. The molecule has 1 heteroatoms. The number of nitrogens with zero attached hydrogens (tertiary/aromatic N) is 1. The highest BCUT2D eigenvalue weighted by molar-refractivity contribution is 5.41. The minimum absolute atomic E-state index is 0.729. The first-order valence-electron chi connectivity index (χ1n) is 8.33. The van der Waals surface area contributed by atoms with Crippen molar-refractivity contribution in [2.24, 2.45) is 0 Å². The Hall–Kier alpha value is -1.52. The van der Waals surface area contributed by atoms with Crippen molar-refractivity contribution in [3.63, 3.8) is 0 Å². The van der Waals surface area contributed by atoms with Crippen molar-refractivity contribution in [3.8, 4) is 11.8 Å². The zero-order valence-corrected chi connectivity index (χ0v) is 13.4. The van der Waals surface area contributed by atoms with Crippen molar-refractivity contribution in [1.82, 2.24) is 4.90 Å². The van der Waals surface area contributed by atoms with Gasteiger partial charge in [-0.1, -0.05) is 50.0 Å². The summed E-state index contributed by atoms with van der Waals surface area (Å²) < 4.78 is 0. The minimum atomic E-state index is 0.729. The number of rotatable bonds is 5. The Kier molecular flexibility index (Phi) is 6.57. The van der Waals surface area contributed by atoms with Crippen LogP contribution in [0.1, 0.15) is 51.5 Å². The van der Waals surface area contributed by atoms with Gasteiger partial charge in [-0.3, -0.25) is 0 Å². The maximum Gasteiger partial charge on any atom is 0.0248 e. The second-order valence-electron chi connectivity index (χ2n) is 5.81. The first kappa shape index (κ1) is 15.9. The van der Waals surface area contributed by atoms with Crippen molar-refractivity contribution >= 4 is 0 Å². The largest absolute Gasteiger partial charge is 0.300 e. The number of allylic oxidation sites excluding steroid dienone is 1. The maximum absolute atomic E-state index is 3.35. The molecule has 0 saturated carbocycles. The first-order valence-corrected chi connectivity index (χ1v) is 8.33. The summed E-state index contributed by atoms with van der Waals surface area (Å²) in [6.45, 7) is 7.02. The molecule has 0 N–H and O–H groups in total. The number of hydrogen-bond acceptors (Lipinski definition) is 1. The maximum atomic E-state index is 3.35. The molecule has 1 nitrogen and oxygen atoms in total. The molecule has 1 aromatic rings. The third-order valence-corrected chi connectivity index (χ3v) is 4.06. The van der Waals surface area contributed by atoms with Gasteiger partial charge in [0.25, 0.3) is 0 Å². The summed E-state index contributed by atoms with van der Waals surface area (Å²) in [7, 11) is 0. The second-order valence-corrected chi connectivity index (χ2v) is 5.81. The van der Waals surface area contributed by atoms with Crippen molar-refractivity contribution in [2.75, 3.05) is 13.1 Å². The molecule has 1 atom stereocenters. The fourth-order valence-corrected chi connectivity index (χ4v) is 2.99. The van der Waals surface area contributed by atoms with E-state index in [0.717, 1.165) is 18.0 Å². The summed E-state index contributed by atoms with van der Waals surface area (Å²) >= 11 is 0. The highest BCUT2D eigenvalue weighted by Gasteiger charge is 2.19. The Bertz CT molecular complexity index is 498. The summed E-state index contributed by atoms with van der Waals surface area (Å²) in [5, 5.41) is 0. The van der Waals surface area contributed by atoms with E-state index in [1.54, 1.807) is 0 Å². The van der Waals surface area contributed by atoms with Crippen LogP contribution in [-0.4, -0.2) is 24.0 Å². The predicted molar refractivity (Wildman–Crippen MR) is 91.2 cm³/mol. The van der Waals surface area contributed by atoms with Gasteiger partial charge in [-0.15, -0.1) is 0 Å².